The summed E-state index contributed by atoms with van der Waals surface area (Å²) >= 11 is 5.94. The lowest BCUT2D eigenvalue weighted by Gasteiger charge is -2.00. The van der Waals surface area contributed by atoms with Crippen molar-refractivity contribution in [2.45, 2.75) is 0 Å². The summed E-state index contributed by atoms with van der Waals surface area (Å²) in [5, 5.41) is 11.9. The Bertz CT molecular complexity index is 907. The monoisotopic (exact) mass is 278 g/mol. The quantitative estimate of drug-likeness (QED) is 0.519. The van der Waals surface area contributed by atoms with E-state index in [0.29, 0.717) is 0 Å². The fourth-order valence-electron chi connectivity index (χ4n) is 2.59. The average molecular weight is 279 g/mol. The molecule has 96 valence electrons. The molecule has 0 saturated carbocycles. The largest absolute Gasteiger partial charge is 0.277 e. The zero-order chi connectivity index (χ0) is 13.5. The molecule has 0 saturated heterocycles. The fourth-order valence-corrected chi connectivity index (χ4v) is 2.72. The summed E-state index contributed by atoms with van der Waals surface area (Å²) in [6.45, 7) is 0. The Morgan fingerprint density at radius 3 is 2.45 bits per heavy atom. The van der Waals surface area contributed by atoms with Crippen LogP contribution in [0.2, 0.25) is 5.02 Å². The molecule has 3 heteroatoms. The highest BCUT2D eigenvalue weighted by Crippen LogP contribution is 2.31. The number of aromatic amines is 1. The van der Waals surface area contributed by atoms with Crippen LogP contribution in [0.1, 0.15) is 0 Å². The molecule has 0 unspecified atom stereocenters. The average Bonchev–Trinajstić information content (AvgIpc) is 2.92. The lowest BCUT2D eigenvalue weighted by atomic mass is 10.0. The van der Waals surface area contributed by atoms with Crippen molar-refractivity contribution >= 4 is 33.3 Å². The summed E-state index contributed by atoms with van der Waals surface area (Å²) in [5.74, 6) is 0. The molecular formula is C17H11ClN2. The summed E-state index contributed by atoms with van der Waals surface area (Å²) in [6, 6.07) is 20.3. The number of rotatable bonds is 1. The summed E-state index contributed by atoms with van der Waals surface area (Å²) in [4.78, 5) is 0. The minimum absolute atomic E-state index is 0.735. The number of hydrogen-bond acceptors (Lipinski definition) is 1. The van der Waals surface area contributed by atoms with Crippen molar-refractivity contribution in [1.82, 2.24) is 10.2 Å². The minimum atomic E-state index is 0.735. The first-order valence-corrected chi connectivity index (χ1v) is 6.82. The third-order valence-electron chi connectivity index (χ3n) is 3.58. The van der Waals surface area contributed by atoms with Crippen LogP contribution in [0.4, 0.5) is 0 Å². The van der Waals surface area contributed by atoms with Gasteiger partial charge in [0.2, 0.25) is 0 Å². The highest BCUT2D eigenvalue weighted by Gasteiger charge is 2.10. The van der Waals surface area contributed by atoms with Gasteiger partial charge in [0, 0.05) is 21.4 Å². The van der Waals surface area contributed by atoms with Crippen molar-refractivity contribution in [2.75, 3.05) is 0 Å². The van der Waals surface area contributed by atoms with Crippen molar-refractivity contribution in [3.63, 3.8) is 0 Å². The highest BCUT2D eigenvalue weighted by molar-refractivity contribution is 6.30. The van der Waals surface area contributed by atoms with Crippen molar-refractivity contribution in [3.8, 4) is 11.3 Å². The molecule has 0 radical (unpaired) electrons. The molecule has 0 amide bonds. The van der Waals surface area contributed by atoms with Gasteiger partial charge in [-0.1, -0.05) is 54.1 Å². The van der Waals surface area contributed by atoms with E-state index in [0.717, 1.165) is 27.2 Å². The predicted molar refractivity (Wildman–Crippen MR) is 84.0 cm³/mol. The van der Waals surface area contributed by atoms with Gasteiger partial charge < -0.3 is 0 Å². The zero-order valence-corrected chi connectivity index (χ0v) is 11.4. The van der Waals surface area contributed by atoms with Gasteiger partial charge in [-0.3, -0.25) is 5.10 Å². The normalized spacial score (nSPS) is 11.2. The van der Waals surface area contributed by atoms with Gasteiger partial charge in [0.05, 0.1) is 11.2 Å². The van der Waals surface area contributed by atoms with Crippen molar-refractivity contribution < 1.29 is 0 Å². The van der Waals surface area contributed by atoms with Crippen LogP contribution in [0, 0.1) is 0 Å². The van der Waals surface area contributed by atoms with E-state index in [2.05, 4.69) is 34.5 Å². The molecule has 0 aliphatic heterocycles. The van der Waals surface area contributed by atoms with Crippen LogP contribution in [0.15, 0.2) is 60.7 Å². The zero-order valence-electron chi connectivity index (χ0n) is 10.6. The molecule has 0 spiro atoms. The maximum atomic E-state index is 5.94. The van der Waals surface area contributed by atoms with E-state index in [-0.39, 0.29) is 0 Å². The van der Waals surface area contributed by atoms with Crippen molar-refractivity contribution in [3.05, 3.63) is 65.7 Å². The third-order valence-corrected chi connectivity index (χ3v) is 3.83. The first-order valence-electron chi connectivity index (χ1n) is 6.45. The van der Waals surface area contributed by atoms with Crippen LogP contribution in [0.5, 0.6) is 0 Å². The summed E-state index contributed by atoms with van der Waals surface area (Å²) in [6.07, 6.45) is 0. The number of fused-ring (bicyclic) bond motifs is 3. The molecule has 1 heterocycles. The lowest BCUT2D eigenvalue weighted by molar-refractivity contribution is 1.13. The molecular weight excluding hydrogens is 268 g/mol. The molecule has 2 nitrogen and oxygen atoms in total. The van der Waals surface area contributed by atoms with E-state index < -0.39 is 0 Å². The smallest absolute Gasteiger partial charge is 0.0999 e. The van der Waals surface area contributed by atoms with Crippen molar-refractivity contribution in [2.24, 2.45) is 0 Å². The van der Waals surface area contributed by atoms with Crippen LogP contribution in [0.3, 0.4) is 0 Å². The molecule has 1 N–H and O–H groups in total. The number of nitrogens with zero attached hydrogens (tertiary/aromatic N) is 1. The number of benzene rings is 3. The number of hydrogen-bond donors (Lipinski definition) is 1. The lowest BCUT2D eigenvalue weighted by Crippen LogP contribution is -1.78. The molecule has 0 aliphatic rings. The Hall–Kier alpha value is -2.32. The minimum Gasteiger partial charge on any atom is -0.277 e. The van der Waals surface area contributed by atoms with E-state index in [1.165, 1.54) is 10.8 Å². The Balaban J connectivity index is 2.02. The number of aromatic nitrogens is 2. The van der Waals surface area contributed by atoms with Gasteiger partial charge in [0.15, 0.2) is 0 Å². The van der Waals surface area contributed by atoms with Crippen LogP contribution < -0.4 is 0 Å². The molecule has 0 bridgehead atoms. The maximum Gasteiger partial charge on any atom is 0.0999 e. The molecule has 1 aromatic heterocycles. The highest BCUT2D eigenvalue weighted by atomic mass is 35.5. The Morgan fingerprint density at radius 2 is 1.60 bits per heavy atom. The first-order chi connectivity index (χ1) is 9.83. The molecule has 3 aromatic carbocycles. The molecule has 4 rings (SSSR count). The number of halogens is 1. The van der Waals surface area contributed by atoms with Gasteiger partial charge in [-0.05, 0) is 23.6 Å². The fraction of sp³-hybridized carbons (Fsp3) is 0. The predicted octanol–water partition coefficient (Wildman–Crippen LogP) is 5.04. The summed E-state index contributed by atoms with van der Waals surface area (Å²) < 4.78 is 0. The van der Waals surface area contributed by atoms with Crippen LogP contribution in [0.25, 0.3) is 32.9 Å². The van der Waals surface area contributed by atoms with Crippen LogP contribution in [-0.2, 0) is 0 Å². The van der Waals surface area contributed by atoms with Gasteiger partial charge in [0.1, 0.15) is 0 Å². The Labute approximate surface area is 121 Å². The molecule has 4 aromatic rings. The molecule has 0 aliphatic carbocycles. The number of nitrogens with one attached hydrogen (secondary N) is 1. The maximum absolute atomic E-state index is 5.94. The molecule has 0 fully saturated rings. The number of H-pyrrole nitrogens is 1. The van der Waals surface area contributed by atoms with Gasteiger partial charge in [0.25, 0.3) is 0 Å². The second-order valence-corrected chi connectivity index (χ2v) is 5.22. The van der Waals surface area contributed by atoms with E-state index in [1.54, 1.807) is 0 Å². The van der Waals surface area contributed by atoms with E-state index >= 15 is 0 Å². The van der Waals surface area contributed by atoms with Gasteiger partial charge in [-0.15, -0.1) is 0 Å². The second kappa shape index (κ2) is 4.36. The van der Waals surface area contributed by atoms with E-state index in [1.807, 2.05) is 36.4 Å². The molecule has 0 atom stereocenters. The summed E-state index contributed by atoms with van der Waals surface area (Å²) in [5.41, 5.74) is 3.10. The first kappa shape index (κ1) is 11.5. The van der Waals surface area contributed by atoms with Crippen molar-refractivity contribution in [1.29, 1.82) is 0 Å². The van der Waals surface area contributed by atoms with E-state index in [9.17, 15) is 0 Å². The van der Waals surface area contributed by atoms with Crippen LogP contribution in [-0.4, -0.2) is 10.2 Å². The van der Waals surface area contributed by atoms with Crippen LogP contribution >= 0.6 is 11.6 Å². The second-order valence-electron chi connectivity index (χ2n) is 4.79. The molecule has 20 heavy (non-hydrogen) atoms. The topological polar surface area (TPSA) is 28.7 Å². The van der Waals surface area contributed by atoms with E-state index in [4.69, 9.17) is 11.6 Å². The van der Waals surface area contributed by atoms with Gasteiger partial charge in [-0.2, -0.15) is 5.10 Å². The van der Waals surface area contributed by atoms with Gasteiger partial charge in [-0.25, -0.2) is 0 Å². The Morgan fingerprint density at radius 1 is 0.800 bits per heavy atom. The summed E-state index contributed by atoms with van der Waals surface area (Å²) in [7, 11) is 0. The third kappa shape index (κ3) is 1.69. The van der Waals surface area contributed by atoms with Gasteiger partial charge >= 0.3 is 0 Å². The standard InChI is InChI=1S/C17H11ClN2/c18-13-8-5-12(6-9-13)16-15-10-7-11-3-1-2-4-14(11)17(15)20-19-16/h1-10H,(H,19,20). The SMILES string of the molecule is Clc1ccc(-c2n[nH]c3c2ccc2ccccc23)cc1. The Kier molecular flexibility index (Phi) is 2.51.